The Bertz CT molecular complexity index is 1270. The lowest BCUT2D eigenvalue weighted by atomic mass is 9.58. The minimum absolute atomic E-state index is 0.149. The van der Waals surface area contributed by atoms with Crippen molar-refractivity contribution in [2.75, 3.05) is 13.6 Å². The number of hydrogen-bond acceptors (Lipinski definition) is 2. The number of nitrogens with zero attached hydrogens (tertiary/aromatic N) is 1. The molecule has 2 bridgehead atoms. The van der Waals surface area contributed by atoms with Crippen LogP contribution in [0.3, 0.4) is 0 Å². The molecular weight excluding hydrogens is 452 g/mol. The zero-order valence-corrected chi connectivity index (χ0v) is 21.5. The van der Waals surface area contributed by atoms with Gasteiger partial charge < -0.3 is 4.74 Å². The zero-order valence-electron chi connectivity index (χ0n) is 21.5. The number of halogens is 2. The summed E-state index contributed by atoms with van der Waals surface area (Å²) >= 11 is 0. The second kappa shape index (κ2) is 7.98. The number of benzene rings is 2. The molecule has 3 fully saturated rings. The van der Waals surface area contributed by atoms with Crippen LogP contribution in [-0.2, 0) is 4.74 Å². The molecule has 2 aliphatic heterocycles. The van der Waals surface area contributed by atoms with Crippen molar-refractivity contribution in [3.8, 4) is 0 Å². The predicted octanol–water partition coefficient (Wildman–Crippen LogP) is 7.65. The Balaban J connectivity index is 1.22. The summed E-state index contributed by atoms with van der Waals surface area (Å²) in [6, 6.07) is 15.9. The summed E-state index contributed by atoms with van der Waals surface area (Å²) in [5.41, 5.74) is 4.03. The maximum atomic E-state index is 13.1. The maximum Gasteiger partial charge on any atom is 0.251 e. The molecule has 2 aromatic rings. The summed E-state index contributed by atoms with van der Waals surface area (Å²) in [7, 11) is 1.86. The fraction of sp³-hybridized carbons (Fsp3) is 0.562. The molecule has 5 aliphatic rings. The summed E-state index contributed by atoms with van der Waals surface area (Å²) in [5, 5.41) is 2.63. The van der Waals surface area contributed by atoms with Crippen LogP contribution in [-0.4, -0.2) is 42.2 Å². The molecule has 0 radical (unpaired) electrons. The lowest BCUT2D eigenvalue weighted by molar-refractivity contribution is -0.141. The molecule has 0 aromatic heterocycles. The van der Waals surface area contributed by atoms with Gasteiger partial charge in [0.2, 0.25) is 0 Å². The van der Waals surface area contributed by atoms with Gasteiger partial charge in [-0.1, -0.05) is 61.5 Å². The van der Waals surface area contributed by atoms with Crippen molar-refractivity contribution in [1.82, 2.24) is 4.90 Å². The van der Waals surface area contributed by atoms with E-state index in [0.29, 0.717) is 11.8 Å². The third-order valence-electron chi connectivity index (χ3n) is 10.9. The Morgan fingerprint density at radius 2 is 1.89 bits per heavy atom. The van der Waals surface area contributed by atoms with Crippen molar-refractivity contribution in [2.45, 2.75) is 87.9 Å². The summed E-state index contributed by atoms with van der Waals surface area (Å²) in [6.07, 6.45) is 11.1. The van der Waals surface area contributed by atoms with Gasteiger partial charge in [-0.15, -0.1) is 0 Å². The van der Waals surface area contributed by atoms with E-state index in [1.165, 1.54) is 40.3 Å². The van der Waals surface area contributed by atoms with Gasteiger partial charge in [0.25, 0.3) is 6.43 Å². The highest BCUT2D eigenvalue weighted by Crippen LogP contribution is 2.69. The molecule has 6 atom stereocenters. The van der Waals surface area contributed by atoms with Crippen LogP contribution in [0.15, 0.2) is 65.8 Å². The Kier molecular flexibility index (Phi) is 5.12. The number of allylic oxidation sites excluding steroid dienone is 1. The van der Waals surface area contributed by atoms with E-state index in [4.69, 9.17) is 4.74 Å². The second-order valence-electron chi connectivity index (χ2n) is 12.5. The van der Waals surface area contributed by atoms with E-state index in [1.54, 1.807) is 0 Å². The fourth-order valence-electron chi connectivity index (χ4n) is 9.10. The van der Waals surface area contributed by atoms with E-state index >= 15 is 0 Å². The van der Waals surface area contributed by atoms with Gasteiger partial charge >= 0.3 is 0 Å². The SMILES string of the molecule is CN(CC(F)F)[C@@H]1CCC2=CC3=CC[C@]4(C)[C@@H](c5ccc6ccccc6c5)CC[C@H]4[C@@]34CC[C@]2(C1)O4. The van der Waals surface area contributed by atoms with Crippen molar-refractivity contribution in [3.63, 3.8) is 0 Å². The van der Waals surface area contributed by atoms with Crippen LogP contribution >= 0.6 is 0 Å². The normalized spacial score (nSPS) is 39.1. The minimum atomic E-state index is -2.29. The van der Waals surface area contributed by atoms with Gasteiger partial charge in [0, 0.05) is 6.04 Å². The van der Waals surface area contributed by atoms with E-state index in [-0.39, 0.29) is 29.2 Å². The smallest absolute Gasteiger partial charge is 0.251 e. The molecule has 2 nitrogen and oxygen atoms in total. The van der Waals surface area contributed by atoms with Crippen LogP contribution in [0, 0.1) is 11.3 Å². The Morgan fingerprint density at radius 3 is 2.72 bits per heavy atom. The molecule has 2 aromatic carbocycles. The monoisotopic (exact) mass is 489 g/mol. The number of rotatable bonds is 4. The van der Waals surface area contributed by atoms with Crippen LogP contribution < -0.4 is 0 Å². The van der Waals surface area contributed by atoms with Crippen molar-refractivity contribution >= 4 is 10.8 Å². The maximum absolute atomic E-state index is 13.1. The average Bonchev–Trinajstić information content (AvgIpc) is 3.38. The third kappa shape index (κ3) is 3.19. The highest BCUT2D eigenvalue weighted by atomic mass is 19.3. The predicted molar refractivity (Wildman–Crippen MR) is 140 cm³/mol. The van der Waals surface area contributed by atoms with Gasteiger partial charge in [0.15, 0.2) is 0 Å². The molecule has 2 heterocycles. The van der Waals surface area contributed by atoms with Crippen LogP contribution in [0.4, 0.5) is 8.78 Å². The molecule has 1 saturated heterocycles. The number of fused-ring (bicyclic) bond motifs is 2. The Labute approximate surface area is 213 Å². The lowest BCUT2D eigenvalue weighted by Crippen LogP contribution is -2.55. The second-order valence-corrected chi connectivity index (χ2v) is 12.5. The van der Waals surface area contributed by atoms with E-state index in [9.17, 15) is 8.78 Å². The molecule has 0 amide bonds. The first-order chi connectivity index (χ1) is 17.3. The van der Waals surface area contributed by atoms with Gasteiger partial charge in [0.1, 0.15) is 0 Å². The van der Waals surface area contributed by atoms with Crippen molar-refractivity contribution < 1.29 is 13.5 Å². The highest BCUT2D eigenvalue weighted by molar-refractivity contribution is 5.83. The van der Waals surface area contributed by atoms with Gasteiger partial charge in [-0.2, -0.15) is 0 Å². The molecule has 3 aliphatic carbocycles. The number of alkyl halides is 2. The van der Waals surface area contributed by atoms with Gasteiger partial charge in [-0.05, 0) is 103 Å². The topological polar surface area (TPSA) is 12.5 Å². The summed E-state index contributed by atoms with van der Waals surface area (Å²) < 4.78 is 33.6. The molecule has 4 heteroatoms. The third-order valence-corrected chi connectivity index (χ3v) is 10.9. The first kappa shape index (κ1) is 23.1. The van der Waals surface area contributed by atoms with Crippen molar-refractivity contribution in [2.24, 2.45) is 11.3 Å². The van der Waals surface area contributed by atoms with E-state index < -0.39 is 6.43 Å². The summed E-state index contributed by atoms with van der Waals surface area (Å²) in [5.74, 6) is 1.03. The summed E-state index contributed by atoms with van der Waals surface area (Å²) in [6.45, 7) is 2.37. The number of hydrogen-bond donors (Lipinski definition) is 0. The van der Waals surface area contributed by atoms with E-state index in [1.807, 2.05) is 11.9 Å². The lowest BCUT2D eigenvalue weighted by Gasteiger charge is -2.55. The first-order valence-corrected chi connectivity index (χ1v) is 13.9. The highest BCUT2D eigenvalue weighted by Gasteiger charge is 2.66. The molecule has 36 heavy (non-hydrogen) atoms. The van der Waals surface area contributed by atoms with E-state index in [2.05, 4.69) is 61.5 Å². The van der Waals surface area contributed by atoms with Crippen LogP contribution in [0.5, 0.6) is 0 Å². The Morgan fingerprint density at radius 1 is 1.06 bits per heavy atom. The largest absolute Gasteiger partial charge is 0.359 e. The molecule has 190 valence electrons. The van der Waals surface area contributed by atoms with Crippen molar-refractivity contribution in [1.29, 1.82) is 0 Å². The van der Waals surface area contributed by atoms with Gasteiger partial charge in [0.05, 0.1) is 17.7 Å². The fourth-order valence-corrected chi connectivity index (χ4v) is 9.10. The minimum Gasteiger partial charge on any atom is -0.359 e. The molecule has 2 spiro atoms. The quantitative estimate of drug-likeness (QED) is 0.437. The van der Waals surface area contributed by atoms with Gasteiger partial charge in [-0.3, -0.25) is 4.90 Å². The average molecular weight is 490 g/mol. The number of ether oxygens (including phenoxy) is 1. The summed E-state index contributed by atoms with van der Waals surface area (Å²) in [4.78, 5) is 1.88. The van der Waals surface area contributed by atoms with Crippen LogP contribution in [0.25, 0.3) is 10.8 Å². The first-order valence-electron chi connectivity index (χ1n) is 13.9. The molecule has 7 rings (SSSR count). The van der Waals surface area contributed by atoms with E-state index in [0.717, 1.165) is 38.5 Å². The molecule has 0 N–H and O–H groups in total. The van der Waals surface area contributed by atoms with Crippen LogP contribution in [0.2, 0.25) is 0 Å². The van der Waals surface area contributed by atoms with Crippen molar-refractivity contribution in [3.05, 3.63) is 71.3 Å². The molecular formula is C32H37F2NO. The Hall–Kier alpha value is -2.04. The molecule has 0 unspecified atom stereocenters. The van der Waals surface area contributed by atoms with Gasteiger partial charge in [-0.25, -0.2) is 8.78 Å². The zero-order chi connectivity index (χ0) is 24.7. The standard InChI is InChI=1S/C32H37F2NO/c1-30-14-13-25-18-24-9-10-26(35(2)20-29(33)34)19-31(24)15-16-32(25,36-31)28(30)12-11-27(30)23-8-7-21-5-3-4-6-22(21)17-23/h3-8,13,17-18,26-29H,9-12,14-16,19-20H2,1-2H3/t26-,27-,28-,30-,31-,32-/m1/s1. The molecule has 2 saturated carbocycles. The van der Waals surface area contributed by atoms with Crippen LogP contribution in [0.1, 0.15) is 69.8 Å².